The molecule has 6 nitrogen and oxygen atoms in total. The first-order chi connectivity index (χ1) is 8.85. The predicted molar refractivity (Wildman–Crippen MR) is 68.9 cm³/mol. The van der Waals surface area contributed by atoms with Gasteiger partial charge in [-0.15, -0.1) is 0 Å². The van der Waals surface area contributed by atoms with Crippen LogP contribution in [0.1, 0.15) is 33.1 Å². The standard InChI is InChI=1S/C13H22N2O4/c1-12(10(16)17)3-6-15(9-12)11(18)14-13(2)4-7-19-8-5-13/h3-9H2,1-2H3,(H,14,18)(H,16,17). The lowest BCUT2D eigenvalue weighted by Crippen LogP contribution is -2.54. The van der Waals surface area contributed by atoms with Gasteiger partial charge in [-0.25, -0.2) is 4.79 Å². The lowest BCUT2D eigenvalue weighted by molar-refractivity contribution is -0.146. The number of nitrogens with one attached hydrogen (secondary N) is 1. The predicted octanol–water partition coefficient (Wildman–Crippen LogP) is 1.06. The average molecular weight is 270 g/mol. The van der Waals surface area contributed by atoms with Gasteiger partial charge in [-0.05, 0) is 33.1 Å². The molecular formula is C13H22N2O4. The highest BCUT2D eigenvalue weighted by molar-refractivity contribution is 5.79. The van der Waals surface area contributed by atoms with Crippen LogP contribution in [0.3, 0.4) is 0 Å². The summed E-state index contributed by atoms with van der Waals surface area (Å²) in [5, 5.41) is 12.2. The second kappa shape index (κ2) is 5.00. The molecule has 108 valence electrons. The van der Waals surface area contributed by atoms with Gasteiger partial charge in [0.15, 0.2) is 0 Å². The van der Waals surface area contributed by atoms with E-state index >= 15 is 0 Å². The van der Waals surface area contributed by atoms with Crippen LogP contribution >= 0.6 is 0 Å². The van der Waals surface area contributed by atoms with E-state index in [1.165, 1.54) is 0 Å². The SMILES string of the molecule is CC1(NC(=O)N2CCC(C)(C(=O)O)C2)CCOCC1. The van der Waals surface area contributed by atoms with Gasteiger partial charge >= 0.3 is 12.0 Å². The highest BCUT2D eigenvalue weighted by Crippen LogP contribution is 2.30. The number of aliphatic carboxylic acids is 1. The Bertz CT molecular complexity index is 379. The van der Waals surface area contributed by atoms with Gasteiger partial charge in [0.2, 0.25) is 0 Å². The van der Waals surface area contributed by atoms with Crippen LogP contribution in [-0.4, -0.2) is 53.8 Å². The Hall–Kier alpha value is -1.30. The Labute approximate surface area is 113 Å². The fourth-order valence-electron chi connectivity index (χ4n) is 2.59. The summed E-state index contributed by atoms with van der Waals surface area (Å²) < 4.78 is 5.29. The number of urea groups is 1. The first kappa shape index (κ1) is 14.1. The Morgan fingerprint density at radius 2 is 1.84 bits per heavy atom. The fraction of sp³-hybridized carbons (Fsp3) is 0.846. The van der Waals surface area contributed by atoms with Gasteiger partial charge < -0.3 is 20.1 Å². The lowest BCUT2D eigenvalue weighted by atomic mass is 9.90. The van der Waals surface area contributed by atoms with E-state index in [2.05, 4.69) is 5.32 Å². The van der Waals surface area contributed by atoms with E-state index in [9.17, 15) is 9.59 Å². The van der Waals surface area contributed by atoms with Gasteiger partial charge in [-0.1, -0.05) is 0 Å². The minimum absolute atomic E-state index is 0.158. The molecule has 2 N–H and O–H groups in total. The molecular weight excluding hydrogens is 248 g/mol. The zero-order valence-corrected chi connectivity index (χ0v) is 11.6. The van der Waals surface area contributed by atoms with Gasteiger partial charge in [-0.3, -0.25) is 4.79 Å². The number of likely N-dealkylation sites (tertiary alicyclic amines) is 1. The molecule has 2 fully saturated rings. The van der Waals surface area contributed by atoms with Crippen LogP contribution in [0.2, 0.25) is 0 Å². The Morgan fingerprint density at radius 1 is 1.21 bits per heavy atom. The minimum atomic E-state index is -0.833. The van der Waals surface area contributed by atoms with Crippen LogP contribution in [0.25, 0.3) is 0 Å². The molecule has 1 atom stereocenters. The third-order valence-electron chi connectivity index (χ3n) is 4.28. The van der Waals surface area contributed by atoms with Crippen LogP contribution < -0.4 is 5.32 Å². The molecule has 2 heterocycles. The van der Waals surface area contributed by atoms with Crippen molar-refractivity contribution in [3.63, 3.8) is 0 Å². The number of rotatable bonds is 2. The van der Waals surface area contributed by atoms with Crippen molar-refractivity contribution >= 4 is 12.0 Å². The Morgan fingerprint density at radius 3 is 2.37 bits per heavy atom. The normalized spacial score (nSPS) is 30.1. The number of carbonyl (C=O) groups is 2. The molecule has 0 aromatic carbocycles. The van der Waals surface area contributed by atoms with Crippen molar-refractivity contribution < 1.29 is 19.4 Å². The molecule has 2 aliphatic rings. The minimum Gasteiger partial charge on any atom is -0.481 e. The topological polar surface area (TPSA) is 78.9 Å². The van der Waals surface area contributed by atoms with Gasteiger partial charge in [0.25, 0.3) is 0 Å². The maximum atomic E-state index is 12.2. The maximum absolute atomic E-state index is 12.2. The molecule has 2 amide bonds. The van der Waals surface area contributed by atoms with E-state index < -0.39 is 11.4 Å². The monoisotopic (exact) mass is 270 g/mol. The summed E-state index contributed by atoms with van der Waals surface area (Å²) in [7, 11) is 0. The van der Waals surface area contributed by atoms with Crippen LogP contribution in [0.4, 0.5) is 4.79 Å². The summed E-state index contributed by atoms with van der Waals surface area (Å²) in [5.41, 5.74) is -1.05. The summed E-state index contributed by atoms with van der Waals surface area (Å²) in [4.78, 5) is 25.0. The molecule has 0 radical (unpaired) electrons. The molecule has 0 bridgehead atoms. The second-order valence-electron chi connectivity index (χ2n) is 6.14. The van der Waals surface area contributed by atoms with Gasteiger partial charge in [0.05, 0.1) is 5.41 Å². The van der Waals surface area contributed by atoms with Crippen molar-refractivity contribution in [1.29, 1.82) is 0 Å². The number of ether oxygens (including phenoxy) is 1. The zero-order valence-electron chi connectivity index (χ0n) is 11.6. The smallest absolute Gasteiger partial charge is 0.317 e. The van der Waals surface area contributed by atoms with E-state index in [0.29, 0.717) is 26.2 Å². The first-order valence-electron chi connectivity index (χ1n) is 6.73. The Kier molecular flexibility index (Phi) is 3.71. The molecule has 2 rings (SSSR count). The van der Waals surface area contributed by atoms with E-state index in [4.69, 9.17) is 9.84 Å². The summed E-state index contributed by atoms with van der Waals surface area (Å²) in [6.45, 7) is 5.80. The number of carboxylic acid groups (broad SMARTS) is 1. The van der Waals surface area contributed by atoms with Crippen LogP contribution in [0.15, 0.2) is 0 Å². The van der Waals surface area contributed by atoms with Crippen LogP contribution in [0.5, 0.6) is 0 Å². The number of hydrogen-bond acceptors (Lipinski definition) is 3. The number of nitrogens with zero attached hydrogens (tertiary/aromatic N) is 1. The van der Waals surface area contributed by atoms with Crippen molar-refractivity contribution in [3.8, 4) is 0 Å². The highest BCUT2D eigenvalue weighted by atomic mass is 16.5. The van der Waals surface area contributed by atoms with Crippen LogP contribution in [-0.2, 0) is 9.53 Å². The van der Waals surface area contributed by atoms with E-state index in [1.54, 1.807) is 11.8 Å². The lowest BCUT2D eigenvalue weighted by Gasteiger charge is -2.36. The average Bonchev–Trinajstić information content (AvgIpc) is 2.74. The van der Waals surface area contributed by atoms with Gasteiger partial charge in [-0.2, -0.15) is 0 Å². The summed E-state index contributed by atoms with van der Waals surface area (Å²) >= 11 is 0. The molecule has 2 saturated heterocycles. The molecule has 2 aliphatic heterocycles. The fourth-order valence-corrected chi connectivity index (χ4v) is 2.59. The summed E-state index contributed by atoms with van der Waals surface area (Å²) in [5.74, 6) is -0.833. The molecule has 1 unspecified atom stereocenters. The third kappa shape index (κ3) is 3.00. The number of amides is 2. The van der Waals surface area contributed by atoms with Crippen molar-refractivity contribution in [2.45, 2.75) is 38.6 Å². The van der Waals surface area contributed by atoms with Crippen LogP contribution in [0, 0.1) is 5.41 Å². The first-order valence-corrected chi connectivity index (χ1v) is 6.73. The number of hydrogen-bond donors (Lipinski definition) is 2. The quantitative estimate of drug-likeness (QED) is 0.786. The zero-order chi connectivity index (χ0) is 14.1. The third-order valence-corrected chi connectivity index (χ3v) is 4.28. The molecule has 6 heteroatoms. The van der Waals surface area contributed by atoms with E-state index in [-0.39, 0.29) is 18.1 Å². The van der Waals surface area contributed by atoms with E-state index in [1.807, 2.05) is 6.92 Å². The van der Waals surface area contributed by atoms with E-state index in [0.717, 1.165) is 12.8 Å². The van der Waals surface area contributed by atoms with Crippen molar-refractivity contribution in [3.05, 3.63) is 0 Å². The molecule has 0 spiro atoms. The molecule has 0 saturated carbocycles. The molecule has 0 aliphatic carbocycles. The molecule has 19 heavy (non-hydrogen) atoms. The highest BCUT2D eigenvalue weighted by Gasteiger charge is 2.43. The summed E-state index contributed by atoms with van der Waals surface area (Å²) in [6.07, 6.45) is 2.10. The number of carbonyl (C=O) groups excluding carboxylic acids is 1. The Balaban J connectivity index is 1.93. The largest absolute Gasteiger partial charge is 0.481 e. The molecule has 0 aromatic heterocycles. The molecule has 0 aromatic rings. The number of carboxylic acids is 1. The maximum Gasteiger partial charge on any atom is 0.317 e. The van der Waals surface area contributed by atoms with Crippen molar-refractivity contribution in [2.75, 3.05) is 26.3 Å². The van der Waals surface area contributed by atoms with Crippen molar-refractivity contribution in [1.82, 2.24) is 10.2 Å². The second-order valence-corrected chi connectivity index (χ2v) is 6.14. The summed E-state index contributed by atoms with van der Waals surface area (Å²) in [6, 6.07) is -0.158. The van der Waals surface area contributed by atoms with Gasteiger partial charge in [0, 0.05) is 31.8 Å². The van der Waals surface area contributed by atoms with Crippen molar-refractivity contribution in [2.24, 2.45) is 5.41 Å². The van der Waals surface area contributed by atoms with Gasteiger partial charge in [0.1, 0.15) is 0 Å².